The number of pyridine rings is 4. The number of nitrogens with zero attached hydrogens (tertiary/aromatic N) is 6. The molecule has 1 saturated heterocycles. The second kappa shape index (κ2) is 8.99. The lowest BCUT2D eigenvalue weighted by Crippen LogP contribution is -2.44. The fourth-order valence-electron chi connectivity index (χ4n) is 3.96. The van der Waals surface area contributed by atoms with Crippen LogP contribution < -0.4 is 4.90 Å². The highest BCUT2D eigenvalue weighted by molar-refractivity contribution is 5.98. The topological polar surface area (TPSA) is 75.1 Å². The van der Waals surface area contributed by atoms with Crippen LogP contribution in [0.3, 0.4) is 0 Å². The maximum absolute atomic E-state index is 13.6. The SMILES string of the molecule is CN1CCN(c2cc(C(=O)Cc3cc4cc(-c5cncc(F)c5)ncc4cn3)ccn2)CC1. The molecule has 33 heavy (non-hydrogen) atoms. The zero-order valence-electron chi connectivity index (χ0n) is 18.3. The van der Waals surface area contributed by atoms with Gasteiger partial charge in [-0.3, -0.25) is 19.7 Å². The average molecular weight is 442 g/mol. The summed E-state index contributed by atoms with van der Waals surface area (Å²) in [6.45, 7) is 3.74. The van der Waals surface area contributed by atoms with Gasteiger partial charge in [0.05, 0.1) is 18.3 Å². The Hall–Kier alpha value is -3.78. The minimum atomic E-state index is -0.413. The molecule has 0 radical (unpaired) electrons. The highest BCUT2D eigenvalue weighted by Gasteiger charge is 2.17. The largest absolute Gasteiger partial charge is 0.354 e. The molecular formula is C25H23FN6O. The first-order valence-corrected chi connectivity index (χ1v) is 10.8. The van der Waals surface area contributed by atoms with Gasteiger partial charge in [0.25, 0.3) is 0 Å². The van der Waals surface area contributed by atoms with E-state index < -0.39 is 5.82 Å². The molecule has 0 unspecified atom stereocenters. The summed E-state index contributed by atoms with van der Waals surface area (Å²) in [7, 11) is 2.11. The molecule has 0 bridgehead atoms. The molecule has 7 nitrogen and oxygen atoms in total. The van der Waals surface area contributed by atoms with Crippen molar-refractivity contribution in [1.29, 1.82) is 0 Å². The summed E-state index contributed by atoms with van der Waals surface area (Å²) < 4.78 is 13.6. The Bertz CT molecular complexity index is 1320. The minimum absolute atomic E-state index is 0.0109. The van der Waals surface area contributed by atoms with E-state index in [2.05, 4.69) is 36.8 Å². The monoisotopic (exact) mass is 442 g/mol. The summed E-state index contributed by atoms with van der Waals surface area (Å²) in [5.74, 6) is 0.409. The third kappa shape index (κ3) is 4.70. The quantitative estimate of drug-likeness (QED) is 0.439. The molecule has 0 amide bonds. The third-order valence-corrected chi connectivity index (χ3v) is 5.90. The van der Waals surface area contributed by atoms with E-state index in [1.54, 1.807) is 30.9 Å². The first kappa shape index (κ1) is 21.1. The lowest BCUT2D eigenvalue weighted by atomic mass is 10.0. The van der Waals surface area contributed by atoms with Gasteiger partial charge >= 0.3 is 0 Å². The number of piperazine rings is 1. The number of aromatic nitrogens is 4. The fourth-order valence-corrected chi connectivity index (χ4v) is 3.96. The van der Waals surface area contributed by atoms with Gasteiger partial charge in [-0.2, -0.15) is 0 Å². The Morgan fingerprint density at radius 1 is 0.939 bits per heavy atom. The van der Waals surface area contributed by atoms with Crippen molar-refractivity contribution in [2.45, 2.75) is 6.42 Å². The predicted octanol–water partition coefficient (Wildman–Crippen LogP) is 3.40. The van der Waals surface area contributed by atoms with Gasteiger partial charge in [0.2, 0.25) is 0 Å². The maximum Gasteiger partial charge on any atom is 0.169 e. The molecule has 8 heteroatoms. The molecule has 4 aromatic heterocycles. The zero-order chi connectivity index (χ0) is 22.8. The molecule has 0 spiro atoms. The van der Waals surface area contributed by atoms with Gasteiger partial charge < -0.3 is 9.80 Å². The molecule has 166 valence electrons. The minimum Gasteiger partial charge on any atom is -0.354 e. The summed E-state index contributed by atoms with van der Waals surface area (Å²) >= 11 is 0. The van der Waals surface area contributed by atoms with Gasteiger partial charge in [-0.25, -0.2) is 9.37 Å². The van der Waals surface area contributed by atoms with Gasteiger partial charge in [0.15, 0.2) is 5.78 Å². The van der Waals surface area contributed by atoms with Crippen LogP contribution in [0, 0.1) is 5.82 Å². The van der Waals surface area contributed by atoms with E-state index in [1.807, 2.05) is 18.2 Å². The van der Waals surface area contributed by atoms with Crippen LogP contribution in [0.15, 0.2) is 61.3 Å². The van der Waals surface area contributed by atoms with E-state index >= 15 is 0 Å². The van der Waals surface area contributed by atoms with Crippen molar-refractivity contribution in [2.75, 3.05) is 38.1 Å². The Morgan fingerprint density at radius 2 is 1.76 bits per heavy atom. The predicted molar refractivity (Wildman–Crippen MR) is 125 cm³/mol. The van der Waals surface area contributed by atoms with E-state index in [4.69, 9.17) is 0 Å². The molecule has 0 saturated carbocycles. The number of hydrogen-bond donors (Lipinski definition) is 0. The van der Waals surface area contributed by atoms with Crippen molar-refractivity contribution >= 4 is 22.4 Å². The van der Waals surface area contributed by atoms with Crippen LogP contribution >= 0.6 is 0 Å². The molecule has 5 heterocycles. The normalized spacial score (nSPS) is 14.5. The second-order valence-electron chi connectivity index (χ2n) is 8.28. The number of carbonyl (C=O) groups is 1. The number of rotatable bonds is 5. The van der Waals surface area contributed by atoms with E-state index in [-0.39, 0.29) is 12.2 Å². The van der Waals surface area contributed by atoms with Gasteiger partial charge in [-0.1, -0.05) is 0 Å². The number of anilines is 1. The highest BCUT2D eigenvalue weighted by atomic mass is 19.1. The molecule has 1 aliphatic heterocycles. The van der Waals surface area contributed by atoms with Crippen LogP contribution in [0.4, 0.5) is 10.2 Å². The van der Waals surface area contributed by atoms with E-state index in [9.17, 15) is 9.18 Å². The highest BCUT2D eigenvalue weighted by Crippen LogP contribution is 2.23. The van der Waals surface area contributed by atoms with Crippen molar-refractivity contribution in [3.63, 3.8) is 0 Å². The summed E-state index contributed by atoms with van der Waals surface area (Å²) in [5, 5.41) is 1.73. The molecule has 0 atom stereocenters. The van der Waals surface area contributed by atoms with Crippen molar-refractivity contribution in [3.05, 3.63) is 78.4 Å². The van der Waals surface area contributed by atoms with Gasteiger partial charge in [-0.15, -0.1) is 0 Å². The number of halogens is 1. The number of fused-ring (bicyclic) bond motifs is 1. The molecule has 0 N–H and O–H groups in total. The van der Waals surface area contributed by atoms with Gasteiger partial charge in [0, 0.05) is 73.2 Å². The average Bonchev–Trinajstić information content (AvgIpc) is 2.84. The van der Waals surface area contributed by atoms with E-state index in [0.717, 1.165) is 49.0 Å². The van der Waals surface area contributed by atoms with Crippen LogP contribution in [-0.4, -0.2) is 63.8 Å². The van der Waals surface area contributed by atoms with Crippen molar-refractivity contribution in [2.24, 2.45) is 0 Å². The molecule has 5 rings (SSSR count). The smallest absolute Gasteiger partial charge is 0.169 e. The van der Waals surface area contributed by atoms with Crippen LogP contribution in [0.25, 0.3) is 22.0 Å². The van der Waals surface area contributed by atoms with Crippen molar-refractivity contribution in [3.8, 4) is 11.3 Å². The fraction of sp³-hybridized carbons (Fsp3) is 0.240. The number of Topliss-reactive ketones (excluding diaryl/α,β-unsaturated/α-hetero) is 1. The molecule has 4 aromatic rings. The molecule has 1 aliphatic rings. The summed E-state index contributed by atoms with van der Waals surface area (Å²) in [6, 6.07) is 8.76. The Labute approximate surface area is 191 Å². The molecule has 0 aromatic carbocycles. The number of likely N-dealkylation sites (N-methyl/N-ethyl adjacent to an activating group) is 1. The van der Waals surface area contributed by atoms with Gasteiger partial charge in [-0.05, 0) is 42.8 Å². The Kier molecular flexibility index (Phi) is 5.75. The molecule has 1 fully saturated rings. The summed E-state index contributed by atoms with van der Waals surface area (Å²) in [6.07, 6.45) is 8.01. The lowest BCUT2D eigenvalue weighted by Gasteiger charge is -2.33. The Morgan fingerprint density at radius 3 is 2.58 bits per heavy atom. The van der Waals surface area contributed by atoms with Crippen LogP contribution in [0.1, 0.15) is 16.1 Å². The van der Waals surface area contributed by atoms with Crippen molar-refractivity contribution in [1.82, 2.24) is 24.8 Å². The zero-order valence-corrected chi connectivity index (χ0v) is 18.3. The molecular weight excluding hydrogens is 419 g/mol. The van der Waals surface area contributed by atoms with Crippen LogP contribution in [0.5, 0.6) is 0 Å². The lowest BCUT2D eigenvalue weighted by molar-refractivity contribution is 0.0992. The van der Waals surface area contributed by atoms with E-state index in [0.29, 0.717) is 22.5 Å². The standard InChI is InChI=1S/C25H23FN6O/c1-31-4-6-32(7-5-31)25-11-17(2-3-28-25)24(33)12-22-9-18-10-23(30-15-20(18)14-29-22)19-8-21(26)16-27-13-19/h2-3,8-11,13-16H,4-7,12H2,1H3. The van der Waals surface area contributed by atoms with Gasteiger partial charge in [0.1, 0.15) is 11.6 Å². The number of ketones is 1. The maximum atomic E-state index is 13.6. The number of hydrogen-bond acceptors (Lipinski definition) is 7. The van der Waals surface area contributed by atoms with Crippen LogP contribution in [0.2, 0.25) is 0 Å². The number of carbonyl (C=O) groups excluding carboxylic acids is 1. The second-order valence-corrected chi connectivity index (χ2v) is 8.28. The Balaban J connectivity index is 1.36. The van der Waals surface area contributed by atoms with Crippen molar-refractivity contribution < 1.29 is 9.18 Å². The van der Waals surface area contributed by atoms with Crippen LogP contribution in [-0.2, 0) is 6.42 Å². The molecule has 0 aliphatic carbocycles. The summed E-state index contributed by atoms with van der Waals surface area (Å²) in [5.41, 5.74) is 2.51. The van der Waals surface area contributed by atoms with E-state index in [1.165, 1.54) is 6.07 Å². The first-order valence-electron chi connectivity index (χ1n) is 10.8. The summed E-state index contributed by atoms with van der Waals surface area (Å²) in [4.78, 5) is 34.7. The third-order valence-electron chi connectivity index (χ3n) is 5.90. The first-order chi connectivity index (χ1) is 16.0.